The second-order valence-electron chi connectivity index (χ2n) is 7.25. The third kappa shape index (κ3) is 4.94. The van der Waals surface area contributed by atoms with Crippen molar-refractivity contribution in [3.63, 3.8) is 0 Å². The highest BCUT2D eigenvalue weighted by Gasteiger charge is 2.14. The van der Waals surface area contributed by atoms with E-state index in [2.05, 4.69) is 65.6 Å². The van der Waals surface area contributed by atoms with E-state index < -0.39 is 0 Å². The van der Waals surface area contributed by atoms with Crippen molar-refractivity contribution in [2.75, 3.05) is 10.6 Å². The zero-order chi connectivity index (χ0) is 20.1. The number of carbonyl (C=O) groups excluding carboxylic acids is 1. The van der Waals surface area contributed by atoms with Crippen LogP contribution in [0.15, 0.2) is 54.6 Å². The van der Waals surface area contributed by atoms with Gasteiger partial charge in [0.2, 0.25) is 5.95 Å². The molecule has 0 radical (unpaired) electrons. The van der Waals surface area contributed by atoms with Gasteiger partial charge in [-0.25, -0.2) is 9.97 Å². The highest BCUT2D eigenvalue weighted by atomic mass is 16.1. The fourth-order valence-corrected chi connectivity index (χ4v) is 2.95. The van der Waals surface area contributed by atoms with Crippen LogP contribution >= 0.6 is 0 Å². The minimum absolute atomic E-state index is 0.239. The molecule has 0 fully saturated rings. The summed E-state index contributed by atoms with van der Waals surface area (Å²) in [5, 5.41) is 6.19. The van der Waals surface area contributed by atoms with Crippen LogP contribution in [0.5, 0.6) is 0 Å². The molecule has 0 saturated heterocycles. The van der Waals surface area contributed by atoms with Crippen molar-refractivity contribution in [3.8, 4) is 0 Å². The van der Waals surface area contributed by atoms with Gasteiger partial charge < -0.3 is 10.6 Å². The normalized spacial score (nSPS) is 10.8. The number of nitrogens with one attached hydrogen (secondary N) is 2. The molecule has 28 heavy (non-hydrogen) atoms. The van der Waals surface area contributed by atoms with Gasteiger partial charge in [0, 0.05) is 17.9 Å². The molecular weight excluding hydrogens is 348 g/mol. The van der Waals surface area contributed by atoms with Gasteiger partial charge in [-0.1, -0.05) is 61.9 Å². The van der Waals surface area contributed by atoms with Crippen molar-refractivity contribution in [2.24, 2.45) is 0 Å². The van der Waals surface area contributed by atoms with Crippen LogP contribution in [0.4, 0.5) is 11.6 Å². The van der Waals surface area contributed by atoms with E-state index in [1.54, 1.807) is 6.07 Å². The summed E-state index contributed by atoms with van der Waals surface area (Å²) in [5.74, 6) is 0.523. The monoisotopic (exact) mass is 374 g/mol. The molecule has 0 bridgehead atoms. The first-order valence-electron chi connectivity index (χ1n) is 9.48. The van der Waals surface area contributed by atoms with E-state index in [1.807, 2.05) is 31.2 Å². The molecule has 2 aromatic carbocycles. The predicted molar refractivity (Wildman–Crippen MR) is 114 cm³/mol. The first-order chi connectivity index (χ1) is 13.4. The zero-order valence-electron chi connectivity index (χ0n) is 16.8. The van der Waals surface area contributed by atoms with Gasteiger partial charge in [-0.3, -0.25) is 4.79 Å². The molecule has 0 unspecified atom stereocenters. The van der Waals surface area contributed by atoms with E-state index in [4.69, 9.17) is 0 Å². The molecule has 0 saturated carbocycles. The van der Waals surface area contributed by atoms with Crippen molar-refractivity contribution in [2.45, 2.75) is 40.2 Å². The zero-order valence-corrected chi connectivity index (χ0v) is 16.8. The number of anilines is 2. The van der Waals surface area contributed by atoms with Crippen molar-refractivity contribution >= 4 is 17.5 Å². The summed E-state index contributed by atoms with van der Waals surface area (Å²) in [5.41, 5.74) is 5.34. The highest BCUT2D eigenvalue weighted by molar-refractivity contribution is 6.03. The van der Waals surface area contributed by atoms with E-state index in [-0.39, 0.29) is 5.91 Å². The first kappa shape index (κ1) is 19.5. The van der Waals surface area contributed by atoms with Gasteiger partial charge in [0.15, 0.2) is 0 Å². The summed E-state index contributed by atoms with van der Waals surface area (Å²) in [4.78, 5) is 21.6. The van der Waals surface area contributed by atoms with E-state index >= 15 is 0 Å². The standard InChI is InChI=1S/C23H26N4O/c1-15(2)19-7-5-6-8-20(19)26-22(28)21-13-17(4)25-23(27-21)24-14-18-11-9-16(3)10-12-18/h5-13,15H,14H2,1-4H3,(H,26,28)(H,24,25,27). The van der Waals surface area contributed by atoms with Gasteiger partial charge in [0.1, 0.15) is 5.69 Å². The first-order valence-corrected chi connectivity index (χ1v) is 9.48. The van der Waals surface area contributed by atoms with Gasteiger partial charge in [-0.05, 0) is 43.0 Å². The smallest absolute Gasteiger partial charge is 0.274 e. The number of para-hydroxylation sites is 1. The maximum absolute atomic E-state index is 12.8. The Balaban J connectivity index is 1.75. The molecule has 144 valence electrons. The van der Waals surface area contributed by atoms with E-state index in [9.17, 15) is 4.79 Å². The summed E-state index contributed by atoms with van der Waals surface area (Å²) in [6.07, 6.45) is 0. The van der Waals surface area contributed by atoms with Crippen LogP contribution in [0.3, 0.4) is 0 Å². The lowest BCUT2D eigenvalue weighted by Crippen LogP contribution is -2.17. The minimum atomic E-state index is -0.239. The number of carbonyl (C=O) groups is 1. The number of amides is 1. The quantitative estimate of drug-likeness (QED) is 0.631. The van der Waals surface area contributed by atoms with E-state index in [0.29, 0.717) is 24.1 Å². The molecule has 0 atom stereocenters. The Kier molecular flexibility index (Phi) is 6.04. The summed E-state index contributed by atoms with van der Waals surface area (Å²) in [6.45, 7) is 8.72. The molecule has 0 aliphatic heterocycles. The summed E-state index contributed by atoms with van der Waals surface area (Å²) >= 11 is 0. The molecule has 3 rings (SSSR count). The Morgan fingerprint density at radius 2 is 1.71 bits per heavy atom. The Labute approximate surface area is 166 Å². The fraction of sp³-hybridized carbons (Fsp3) is 0.261. The third-order valence-electron chi connectivity index (χ3n) is 4.49. The number of nitrogens with zero attached hydrogens (tertiary/aromatic N) is 2. The third-order valence-corrected chi connectivity index (χ3v) is 4.49. The summed E-state index contributed by atoms with van der Waals surface area (Å²) < 4.78 is 0. The van der Waals surface area contributed by atoms with E-state index in [0.717, 1.165) is 22.5 Å². The Hall–Kier alpha value is -3.21. The van der Waals surface area contributed by atoms with Crippen molar-refractivity contribution < 1.29 is 4.79 Å². The Morgan fingerprint density at radius 1 is 1.00 bits per heavy atom. The van der Waals surface area contributed by atoms with Crippen LogP contribution in [0.2, 0.25) is 0 Å². The van der Waals surface area contributed by atoms with Gasteiger partial charge in [-0.15, -0.1) is 0 Å². The molecular formula is C23H26N4O. The van der Waals surface area contributed by atoms with Crippen LogP contribution in [-0.2, 0) is 6.54 Å². The number of aryl methyl sites for hydroxylation is 2. The Morgan fingerprint density at radius 3 is 2.43 bits per heavy atom. The van der Waals surface area contributed by atoms with Crippen LogP contribution in [0, 0.1) is 13.8 Å². The molecule has 0 spiro atoms. The van der Waals surface area contributed by atoms with Crippen LogP contribution in [-0.4, -0.2) is 15.9 Å². The molecule has 0 aliphatic carbocycles. The summed E-state index contributed by atoms with van der Waals surface area (Å²) in [7, 11) is 0. The van der Waals surface area contributed by atoms with Crippen LogP contribution in [0.1, 0.15) is 52.6 Å². The lowest BCUT2D eigenvalue weighted by Gasteiger charge is -2.14. The maximum atomic E-state index is 12.8. The molecule has 2 N–H and O–H groups in total. The van der Waals surface area contributed by atoms with Gasteiger partial charge >= 0.3 is 0 Å². The molecule has 1 aromatic heterocycles. The number of benzene rings is 2. The van der Waals surface area contributed by atoms with Crippen molar-refractivity contribution in [3.05, 3.63) is 82.7 Å². The predicted octanol–water partition coefficient (Wildman–Crippen LogP) is 5.08. The molecule has 5 heteroatoms. The number of hydrogen-bond acceptors (Lipinski definition) is 4. The topological polar surface area (TPSA) is 66.9 Å². The fourth-order valence-electron chi connectivity index (χ4n) is 2.95. The number of aromatic nitrogens is 2. The molecule has 3 aromatic rings. The summed E-state index contributed by atoms with van der Waals surface area (Å²) in [6, 6.07) is 17.8. The molecule has 5 nitrogen and oxygen atoms in total. The Bertz CT molecular complexity index is 965. The SMILES string of the molecule is Cc1ccc(CNc2nc(C)cc(C(=O)Nc3ccccc3C(C)C)n2)cc1. The van der Waals surface area contributed by atoms with Gasteiger partial charge in [-0.2, -0.15) is 0 Å². The van der Waals surface area contributed by atoms with Crippen molar-refractivity contribution in [1.82, 2.24) is 9.97 Å². The molecule has 0 aliphatic rings. The van der Waals surface area contributed by atoms with Gasteiger partial charge in [0.25, 0.3) is 5.91 Å². The second kappa shape index (κ2) is 8.65. The number of rotatable bonds is 6. The average Bonchev–Trinajstić information content (AvgIpc) is 2.67. The minimum Gasteiger partial charge on any atom is -0.350 e. The maximum Gasteiger partial charge on any atom is 0.274 e. The van der Waals surface area contributed by atoms with Crippen LogP contribution in [0.25, 0.3) is 0 Å². The lowest BCUT2D eigenvalue weighted by molar-refractivity contribution is 0.102. The van der Waals surface area contributed by atoms with Crippen LogP contribution < -0.4 is 10.6 Å². The molecule has 1 heterocycles. The second-order valence-corrected chi connectivity index (χ2v) is 7.25. The average molecular weight is 374 g/mol. The van der Waals surface area contributed by atoms with Crippen molar-refractivity contribution in [1.29, 1.82) is 0 Å². The lowest BCUT2D eigenvalue weighted by atomic mass is 10.0. The van der Waals surface area contributed by atoms with E-state index in [1.165, 1.54) is 5.56 Å². The molecule has 1 amide bonds. The number of hydrogen-bond donors (Lipinski definition) is 2. The highest BCUT2D eigenvalue weighted by Crippen LogP contribution is 2.24. The van der Waals surface area contributed by atoms with Gasteiger partial charge in [0.05, 0.1) is 0 Å². The largest absolute Gasteiger partial charge is 0.350 e.